The maximum Gasteiger partial charge on any atom is 0.376 e. The Kier molecular flexibility index (Phi) is 4.25. The molecule has 3 heterocycles. The second kappa shape index (κ2) is 5.97. The summed E-state index contributed by atoms with van der Waals surface area (Å²) in [7, 11) is 0. The zero-order valence-corrected chi connectivity index (χ0v) is 15.0. The lowest BCUT2D eigenvalue weighted by Crippen LogP contribution is -2.37. The highest BCUT2D eigenvalue weighted by molar-refractivity contribution is 8.22. The Hall–Kier alpha value is -0.580. The van der Waals surface area contributed by atoms with Crippen molar-refractivity contribution < 1.29 is 37.7 Å². The highest BCUT2D eigenvalue weighted by atomic mass is 32.2. The number of hydrogen-bond donors (Lipinski definition) is 1. The quantitative estimate of drug-likeness (QED) is 0.706. The number of rotatable bonds is 2. The number of aliphatic hydroxyl groups is 1. The molecular formula is C15H18F2O6S2. The maximum atomic E-state index is 12.9. The van der Waals surface area contributed by atoms with Gasteiger partial charge in [-0.1, -0.05) is 0 Å². The van der Waals surface area contributed by atoms with Gasteiger partial charge in [-0.3, -0.25) is 0 Å². The van der Waals surface area contributed by atoms with Crippen LogP contribution in [0.3, 0.4) is 0 Å². The van der Waals surface area contributed by atoms with Crippen LogP contribution >= 0.6 is 23.5 Å². The van der Waals surface area contributed by atoms with E-state index >= 15 is 0 Å². The fourth-order valence-electron chi connectivity index (χ4n) is 3.72. The van der Waals surface area contributed by atoms with Crippen LogP contribution in [0, 0.1) is 0 Å². The lowest BCUT2D eigenvalue weighted by Gasteiger charge is -2.36. The molecule has 140 valence electrons. The smallest absolute Gasteiger partial charge is 0.376 e. The van der Waals surface area contributed by atoms with Crippen LogP contribution in [0.4, 0.5) is 8.78 Å². The molecule has 1 N–H and O–H groups in total. The number of thioether (sulfide) groups is 2. The fourth-order valence-corrected chi connectivity index (χ4v) is 7.75. The summed E-state index contributed by atoms with van der Waals surface area (Å²) in [4.78, 5) is 22.8. The topological polar surface area (TPSA) is 82.1 Å². The first-order valence-corrected chi connectivity index (χ1v) is 9.93. The largest absolute Gasteiger partial charge is 0.458 e. The van der Waals surface area contributed by atoms with Crippen molar-refractivity contribution in [3.05, 3.63) is 0 Å². The first kappa shape index (κ1) is 17.8. The van der Waals surface area contributed by atoms with E-state index in [4.69, 9.17) is 14.2 Å². The van der Waals surface area contributed by atoms with Gasteiger partial charge >= 0.3 is 17.9 Å². The molecule has 3 saturated heterocycles. The van der Waals surface area contributed by atoms with E-state index in [1.165, 1.54) is 0 Å². The van der Waals surface area contributed by atoms with Crippen molar-refractivity contribution in [2.24, 2.45) is 0 Å². The Morgan fingerprint density at radius 2 is 2.00 bits per heavy atom. The summed E-state index contributed by atoms with van der Waals surface area (Å²) in [5, 5.41) is 9.74. The van der Waals surface area contributed by atoms with Crippen molar-refractivity contribution in [1.82, 2.24) is 0 Å². The molecule has 5 atom stereocenters. The number of aliphatic hydroxyl groups excluding tert-OH is 1. The third-order valence-electron chi connectivity index (χ3n) is 5.02. The van der Waals surface area contributed by atoms with Crippen molar-refractivity contribution >= 4 is 35.5 Å². The molecule has 4 fully saturated rings. The number of carbonyl (C=O) groups excluding carboxylic acids is 2. The number of alkyl halides is 2. The summed E-state index contributed by atoms with van der Waals surface area (Å²) in [5.74, 6) is -5.59. The zero-order valence-electron chi connectivity index (χ0n) is 13.4. The van der Waals surface area contributed by atoms with Gasteiger partial charge in [-0.15, -0.1) is 23.5 Å². The predicted octanol–water partition coefficient (Wildman–Crippen LogP) is 1.68. The molecule has 3 aliphatic heterocycles. The van der Waals surface area contributed by atoms with E-state index in [9.17, 15) is 23.5 Å². The molecule has 4 rings (SSSR count). The van der Waals surface area contributed by atoms with Crippen molar-refractivity contribution in [3.63, 3.8) is 0 Å². The highest BCUT2D eigenvalue weighted by Crippen LogP contribution is 2.63. The minimum Gasteiger partial charge on any atom is -0.458 e. The molecule has 0 radical (unpaired) electrons. The molecular weight excluding hydrogens is 378 g/mol. The van der Waals surface area contributed by atoms with Gasteiger partial charge in [0.15, 0.2) is 6.10 Å². The van der Waals surface area contributed by atoms with Crippen molar-refractivity contribution in [2.75, 3.05) is 0 Å². The van der Waals surface area contributed by atoms with Gasteiger partial charge in [0, 0.05) is 6.92 Å². The minimum absolute atomic E-state index is 0.0461. The molecule has 0 aromatic carbocycles. The SMILES string of the molecule is CC(F)(F)C(=O)OC1CCC2(CC1)SC1OC3C(O)C(=O)OC3C1S2. The monoisotopic (exact) mass is 396 g/mol. The van der Waals surface area contributed by atoms with Crippen molar-refractivity contribution in [2.45, 2.75) is 77.7 Å². The van der Waals surface area contributed by atoms with E-state index in [0.717, 1.165) is 0 Å². The average Bonchev–Trinajstić information content (AvgIpc) is 3.12. The van der Waals surface area contributed by atoms with Gasteiger partial charge in [-0.2, -0.15) is 8.78 Å². The van der Waals surface area contributed by atoms with Crippen LogP contribution in [0.1, 0.15) is 32.6 Å². The molecule has 25 heavy (non-hydrogen) atoms. The number of esters is 2. The Labute approximate surface area is 151 Å². The van der Waals surface area contributed by atoms with E-state index in [-0.39, 0.29) is 14.8 Å². The molecule has 1 spiro atoms. The second-order valence-electron chi connectivity index (χ2n) is 6.92. The number of fused-ring (bicyclic) bond motifs is 3. The third kappa shape index (κ3) is 3.04. The van der Waals surface area contributed by atoms with Gasteiger partial charge in [0.25, 0.3) is 0 Å². The molecule has 0 amide bonds. The summed E-state index contributed by atoms with van der Waals surface area (Å²) in [6.07, 6.45) is -0.360. The van der Waals surface area contributed by atoms with Gasteiger partial charge < -0.3 is 19.3 Å². The van der Waals surface area contributed by atoms with Crippen LogP contribution in [-0.4, -0.2) is 62.1 Å². The Balaban J connectivity index is 1.35. The molecule has 1 aliphatic carbocycles. The van der Waals surface area contributed by atoms with E-state index < -0.39 is 42.3 Å². The van der Waals surface area contributed by atoms with E-state index in [1.54, 1.807) is 23.5 Å². The first-order valence-electron chi connectivity index (χ1n) is 8.17. The van der Waals surface area contributed by atoms with Crippen LogP contribution in [0.15, 0.2) is 0 Å². The van der Waals surface area contributed by atoms with Crippen molar-refractivity contribution in [3.8, 4) is 0 Å². The molecule has 0 bridgehead atoms. The summed E-state index contributed by atoms with van der Waals surface area (Å²) in [6, 6.07) is 0. The molecule has 4 aliphatic rings. The summed E-state index contributed by atoms with van der Waals surface area (Å²) < 4.78 is 41.7. The number of hydrogen-bond acceptors (Lipinski definition) is 8. The third-order valence-corrected chi connectivity index (χ3v) is 8.87. The number of halogens is 2. The Bertz CT molecular complexity index is 589. The molecule has 1 saturated carbocycles. The van der Waals surface area contributed by atoms with Gasteiger partial charge in [-0.05, 0) is 25.7 Å². The summed E-state index contributed by atoms with van der Waals surface area (Å²) in [5.41, 5.74) is -0.165. The fraction of sp³-hybridized carbons (Fsp3) is 0.867. The minimum atomic E-state index is -3.47. The van der Waals surface area contributed by atoms with Crippen LogP contribution < -0.4 is 0 Å². The molecule has 10 heteroatoms. The van der Waals surface area contributed by atoms with Gasteiger partial charge in [0.2, 0.25) is 0 Å². The lowest BCUT2D eigenvalue weighted by molar-refractivity contribution is -0.176. The van der Waals surface area contributed by atoms with Crippen LogP contribution in [-0.2, 0) is 23.8 Å². The predicted molar refractivity (Wildman–Crippen MR) is 85.2 cm³/mol. The summed E-state index contributed by atoms with van der Waals surface area (Å²) in [6.45, 7) is 0.536. The zero-order chi connectivity index (χ0) is 18.0. The van der Waals surface area contributed by atoms with Crippen LogP contribution in [0.2, 0.25) is 0 Å². The van der Waals surface area contributed by atoms with Gasteiger partial charge in [0.05, 0.1) is 9.33 Å². The first-order chi connectivity index (χ1) is 11.7. The van der Waals surface area contributed by atoms with E-state index in [0.29, 0.717) is 32.6 Å². The normalized spacial score (nSPS) is 46.0. The molecule has 5 unspecified atom stereocenters. The number of ether oxygens (including phenoxy) is 3. The van der Waals surface area contributed by atoms with E-state index in [2.05, 4.69) is 0 Å². The second-order valence-corrected chi connectivity index (χ2v) is 10.2. The van der Waals surface area contributed by atoms with E-state index in [1.807, 2.05) is 0 Å². The number of carbonyl (C=O) groups is 2. The van der Waals surface area contributed by atoms with Crippen LogP contribution in [0.25, 0.3) is 0 Å². The van der Waals surface area contributed by atoms with Gasteiger partial charge in [0.1, 0.15) is 23.7 Å². The Morgan fingerprint density at radius 3 is 2.64 bits per heavy atom. The van der Waals surface area contributed by atoms with Gasteiger partial charge in [-0.25, -0.2) is 9.59 Å². The Morgan fingerprint density at radius 1 is 1.32 bits per heavy atom. The lowest BCUT2D eigenvalue weighted by atomic mass is 9.96. The maximum absolute atomic E-state index is 12.9. The van der Waals surface area contributed by atoms with Crippen molar-refractivity contribution in [1.29, 1.82) is 0 Å². The molecule has 0 aromatic rings. The van der Waals surface area contributed by atoms with Crippen LogP contribution in [0.5, 0.6) is 0 Å². The average molecular weight is 396 g/mol. The molecule has 6 nitrogen and oxygen atoms in total. The molecule has 0 aromatic heterocycles. The summed E-state index contributed by atoms with van der Waals surface area (Å²) >= 11 is 3.31. The highest BCUT2D eigenvalue weighted by Gasteiger charge is 2.63. The standard InChI is InChI=1S/C15H18F2O6S2/c1-14(16,17)13(20)21-6-2-4-15(5-3-6)24-10-9-8(23-12(10)25-15)7(18)11(19)22-9/h6-10,12,18H,2-5H2,1H3.